The van der Waals surface area contributed by atoms with Crippen LogP contribution in [0.15, 0.2) is 36.5 Å². The van der Waals surface area contributed by atoms with Crippen molar-refractivity contribution in [1.82, 2.24) is 10.2 Å². The fourth-order valence-electron chi connectivity index (χ4n) is 1.41. The maximum atomic E-state index is 12.4. The van der Waals surface area contributed by atoms with Crippen LogP contribution in [0.1, 0.15) is 11.1 Å². The van der Waals surface area contributed by atoms with Crippen molar-refractivity contribution in [3.8, 4) is 11.6 Å². The van der Waals surface area contributed by atoms with Crippen molar-refractivity contribution in [3.63, 3.8) is 0 Å². The van der Waals surface area contributed by atoms with E-state index < -0.39 is 11.7 Å². The first kappa shape index (κ1) is 14.2. The maximum absolute atomic E-state index is 12.4. The summed E-state index contributed by atoms with van der Waals surface area (Å²) in [4.78, 5) is 0.0572. The van der Waals surface area contributed by atoms with Gasteiger partial charge in [0.05, 0.1) is 17.3 Å². The van der Waals surface area contributed by atoms with Crippen molar-refractivity contribution >= 4 is 17.2 Å². The number of benzene rings is 1. The van der Waals surface area contributed by atoms with Crippen molar-refractivity contribution < 1.29 is 17.9 Å². The van der Waals surface area contributed by atoms with Crippen LogP contribution < -0.4 is 10.5 Å². The number of ether oxygens (including phenoxy) is 1. The van der Waals surface area contributed by atoms with Gasteiger partial charge in [-0.1, -0.05) is 12.2 Å². The first-order valence-electron chi connectivity index (χ1n) is 5.34. The molecule has 1 aromatic heterocycles. The van der Waals surface area contributed by atoms with Crippen molar-refractivity contribution in [2.45, 2.75) is 6.18 Å². The topological polar surface area (TPSA) is 61.0 Å². The number of nitrogens with zero attached hydrogens (tertiary/aromatic N) is 2. The van der Waals surface area contributed by atoms with E-state index in [0.29, 0.717) is 5.56 Å². The van der Waals surface area contributed by atoms with E-state index >= 15 is 0 Å². The average molecular weight is 299 g/mol. The largest absolute Gasteiger partial charge is 0.437 e. The second-order valence-electron chi connectivity index (χ2n) is 3.74. The molecule has 2 rings (SSSR count). The van der Waals surface area contributed by atoms with E-state index in [9.17, 15) is 13.2 Å². The van der Waals surface area contributed by atoms with Crippen LogP contribution in [0, 0.1) is 0 Å². The van der Waals surface area contributed by atoms with Gasteiger partial charge in [0.25, 0.3) is 0 Å². The normalized spacial score (nSPS) is 11.2. The second-order valence-corrected chi connectivity index (χ2v) is 4.18. The summed E-state index contributed by atoms with van der Waals surface area (Å²) in [6.45, 7) is 0. The number of alkyl halides is 3. The van der Waals surface area contributed by atoms with Gasteiger partial charge in [-0.15, -0.1) is 5.10 Å². The third-order valence-corrected chi connectivity index (χ3v) is 2.57. The Labute approximate surface area is 117 Å². The minimum Gasteiger partial charge on any atom is -0.437 e. The zero-order valence-corrected chi connectivity index (χ0v) is 10.7. The number of hydrogen-bond donors (Lipinski definition) is 1. The highest BCUT2D eigenvalue weighted by Crippen LogP contribution is 2.31. The number of nitrogens with two attached hydrogens (primary N) is 1. The summed E-state index contributed by atoms with van der Waals surface area (Å²) in [6.07, 6.45) is -3.01. The van der Waals surface area contributed by atoms with Crippen molar-refractivity contribution in [1.29, 1.82) is 0 Å². The summed E-state index contributed by atoms with van der Waals surface area (Å²) >= 11 is 4.82. The van der Waals surface area contributed by atoms with E-state index in [1.165, 1.54) is 24.4 Å². The SMILES string of the molecule is NC(=S)c1ccnnc1Oc1ccc(C(F)(F)F)cc1. The molecule has 1 aromatic carbocycles. The summed E-state index contributed by atoms with van der Waals surface area (Å²) in [5.41, 5.74) is 5.08. The molecule has 0 amide bonds. The average Bonchev–Trinajstić information content (AvgIpc) is 2.38. The number of aromatic nitrogens is 2. The van der Waals surface area contributed by atoms with Crippen LogP contribution in [0.2, 0.25) is 0 Å². The smallest absolute Gasteiger partial charge is 0.416 e. The molecule has 2 N–H and O–H groups in total. The third-order valence-electron chi connectivity index (χ3n) is 2.35. The minimum atomic E-state index is -4.39. The van der Waals surface area contributed by atoms with Crippen LogP contribution in [0.3, 0.4) is 0 Å². The molecular weight excluding hydrogens is 291 g/mol. The molecule has 0 atom stereocenters. The van der Waals surface area contributed by atoms with Gasteiger partial charge in [-0.25, -0.2) is 0 Å². The summed E-state index contributed by atoms with van der Waals surface area (Å²) in [7, 11) is 0. The molecular formula is C12H8F3N3OS. The Hall–Kier alpha value is -2.22. The van der Waals surface area contributed by atoms with Gasteiger partial charge in [-0.05, 0) is 30.3 Å². The lowest BCUT2D eigenvalue weighted by atomic mass is 10.2. The predicted octanol–water partition coefficient (Wildman–Crippen LogP) is 2.92. The van der Waals surface area contributed by atoms with Gasteiger partial charge in [-0.3, -0.25) is 0 Å². The molecule has 8 heteroatoms. The first-order chi connectivity index (χ1) is 9.38. The summed E-state index contributed by atoms with van der Waals surface area (Å²) in [5, 5.41) is 7.31. The van der Waals surface area contributed by atoms with Crippen molar-refractivity contribution in [3.05, 3.63) is 47.7 Å². The zero-order chi connectivity index (χ0) is 14.8. The molecule has 0 saturated heterocycles. The molecule has 104 valence electrons. The van der Waals surface area contributed by atoms with E-state index in [-0.39, 0.29) is 16.6 Å². The quantitative estimate of drug-likeness (QED) is 0.883. The van der Waals surface area contributed by atoms with Gasteiger partial charge < -0.3 is 10.5 Å². The van der Waals surface area contributed by atoms with Gasteiger partial charge in [-0.2, -0.15) is 18.3 Å². The highest BCUT2D eigenvalue weighted by molar-refractivity contribution is 7.80. The van der Waals surface area contributed by atoms with Crippen LogP contribution in [0.25, 0.3) is 0 Å². The monoisotopic (exact) mass is 299 g/mol. The van der Waals surface area contributed by atoms with Gasteiger partial charge in [0.1, 0.15) is 10.7 Å². The van der Waals surface area contributed by atoms with Crippen LogP contribution in [0.5, 0.6) is 11.6 Å². The molecule has 2 aromatic rings. The predicted molar refractivity (Wildman–Crippen MR) is 69.4 cm³/mol. The fraction of sp³-hybridized carbons (Fsp3) is 0.0833. The summed E-state index contributed by atoms with van der Waals surface area (Å²) in [6, 6.07) is 5.69. The van der Waals surface area contributed by atoms with Crippen LogP contribution in [0.4, 0.5) is 13.2 Å². The molecule has 4 nitrogen and oxygen atoms in total. The zero-order valence-electron chi connectivity index (χ0n) is 9.89. The fourth-order valence-corrected chi connectivity index (χ4v) is 1.56. The van der Waals surface area contributed by atoms with E-state index in [4.69, 9.17) is 22.7 Å². The van der Waals surface area contributed by atoms with Gasteiger partial charge in [0.15, 0.2) is 0 Å². The Bertz CT molecular complexity index is 629. The third kappa shape index (κ3) is 3.21. The second kappa shape index (κ2) is 5.41. The number of rotatable bonds is 3. The summed E-state index contributed by atoms with van der Waals surface area (Å²) in [5.74, 6) is 0.218. The Morgan fingerprint density at radius 2 is 1.80 bits per heavy atom. The molecule has 0 aliphatic rings. The maximum Gasteiger partial charge on any atom is 0.416 e. The van der Waals surface area contributed by atoms with Gasteiger partial charge >= 0.3 is 6.18 Å². The van der Waals surface area contributed by atoms with Crippen LogP contribution >= 0.6 is 12.2 Å². The Morgan fingerprint density at radius 1 is 1.15 bits per heavy atom. The lowest BCUT2D eigenvalue weighted by Crippen LogP contribution is -2.12. The number of halogens is 3. The number of hydrogen-bond acceptors (Lipinski definition) is 4. The number of thiocarbonyl (C=S) groups is 1. The minimum absolute atomic E-state index is 0.0414. The molecule has 0 radical (unpaired) electrons. The van der Waals surface area contributed by atoms with E-state index in [0.717, 1.165) is 12.1 Å². The lowest BCUT2D eigenvalue weighted by Gasteiger charge is -2.09. The molecule has 0 spiro atoms. The van der Waals surface area contributed by atoms with Crippen molar-refractivity contribution in [2.75, 3.05) is 0 Å². The lowest BCUT2D eigenvalue weighted by molar-refractivity contribution is -0.137. The molecule has 1 heterocycles. The molecule has 0 bridgehead atoms. The van der Waals surface area contributed by atoms with Crippen LogP contribution in [-0.4, -0.2) is 15.2 Å². The highest BCUT2D eigenvalue weighted by Gasteiger charge is 2.30. The molecule has 20 heavy (non-hydrogen) atoms. The molecule has 0 saturated carbocycles. The van der Waals surface area contributed by atoms with E-state index in [1.54, 1.807) is 0 Å². The Morgan fingerprint density at radius 3 is 2.35 bits per heavy atom. The van der Waals surface area contributed by atoms with E-state index in [1.807, 2.05) is 0 Å². The Kier molecular flexibility index (Phi) is 3.84. The van der Waals surface area contributed by atoms with Crippen LogP contribution in [-0.2, 0) is 6.18 Å². The Balaban J connectivity index is 2.25. The van der Waals surface area contributed by atoms with Gasteiger partial charge in [0, 0.05) is 0 Å². The standard InChI is InChI=1S/C12H8F3N3OS/c13-12(14,15)7-1-3-8(4-2-7)19-11-9(10(16)20)5-6-17-18-11/h1-6H,(H2,16,20). The van der Waals surface area contributed by atoms with Crippen molar-refractivity contribution in [2.24, 2.45) is 5.73 Å². The van der Waals surface area contributed by atoms with Gasteiger partial charge in [0.2, 0.25) is 5.88 Å². The highest BCUT2D eigenvalue weighted by atomic mass is 32.1. The van der Waals surface area contributed by atoms with E-state index in [2.05, 4.69) is 10.2 Å². The molecule has 0 unspecified atom stereocenters. The first-order valence-corrected chi connectivity index (χ1v) is 5.75. The summed E-state index contributed by atoms with van der Waals surface area (Å²) < 4.78 is 42.6. The molecule has 0 fully saturated rings. The molecule has 0 aliphatic heterocycles. The molecule has 0 aliphatic carbocycles.